The number of alkyl halides is 1. The molecule has 1 aliphatic heterocycles. The molecular weight excluding hydrogens is 278 g/mol. The van der Waals surface area contributed by atoms with Gasteiger partial charge >= 0.3 is 0 Å². The summed E-state index contributed by atoms with van der Waals surface area (Å²) in [5, 5.41) is 0. The van der Waals surface area contributed by atoms with Crippen LogP contribution in [0.5, 0.6) is 0 Å². The second kappa shape index (κ2) is 4.81. The first-order chi connectivity index (χ1) is 7.97. The van der Waals surface area contributed by atoms with E-state index in [-0.39, 0.29) is 11.9 Å². The Hall–Kier alpha value is -0.830. The lowest BCUT2D eigenvalue weighted by Gasteiger charge is -2.25. The molecule has 0 saturated carbocycles. The van der Waals surface area contributed by atoms with E-state index in [4.69, 9.17) is 0 Å². The zero-order valence-electron chi connectivity index (χ0n) is 10.5. The SMILES string of the molecule is Cc1cc(C)cc(C(C)N2CC(Br)CC2=O)c1. The van der Waals surface area contributed by atoms with Gasteiger partial charge in [-0.05, 0) is 26.3 Å². The van der Waals surface area contributed by atoms with Gasteiger partial charge in [-0.1, -0.05) is 45.3 Å². The van der Waals surface area contributed by atoms with Gasteiger partial charge in [-0.3, -0.25) is 4.79 Å². The Kier molecular flexibility index (Phi) is 3.57. The van der Waals surface area contributed by atoms with Crippen molar-refractivity contribution in [1.82, 2.24) is 4.90 Å². The number of carbonyl (C=O) groups excluding carboxylic acids is 1. The van der Waals surface area contributed by atoms with Gasteiger partial charge in [-0.25, -0.2) is 0 Å². The largest absolute Gasteiger partial charge is 0.335 e. The quantitative estimate of drug-likeness (QED) is 0.766. The maximum Gasteiger partial charge on any atom is 0.224 e. The summed E-state index contributed by atoms with van der Waals surface area (Å²) < 4.78 is 0. The van der Waals surface area contributed by atoms with Gasteiger partial charge in [0.2, 0.25) is 5.91 Å². The predicted octanol–water partition coefficient (Wildman–Crippen LogP) is 3.36. The Balaban J connectivity index is 2.24. The van der Waals surface area contributed by atoms with Crippen molar-refractivity contribution in [2.45, 2.75) is 38.1 Å². The summed E-state index contributed by atoms with van der Waals surface area (Å²) in [7, 11) is 0. The molecule has 3 heteroatoms. The molecule has 1 aliphatic rings. The molecule has 1 fully saturated rings. The van der Waals surface area contributed by atoms with Crippen LogP contribution >= 0.6 is 15.9 Å². The fourth-order valence-electron chi connectivity index (χ4n) is 2.49. The summed E-state index contributed by atoms with van der Waals surface area (Å²) in [6.07, 6.45) is 0.620. The molecule has 0 N–H and O–H groups in total. The molecule has 1 aromatic rings. The number of hydrogen-bond donors (Lipinski definition) is 0. The van der Waals surface area contributed by atoms with E-state index in [0.29, 0.717) is 11.2 Å². The number of benzene rings is 1. The van der Waals surface area contributed by atoms with E-state index in [0.717, 1.165) is 6.54 Å². The van der Waals surface area contributed by atoms with Crippen molar-refractivity contribution in [3.63, 3.8) is 0 Å². The van der Waals surface area contributed by atoms with Crippen LogP contribution in [0.2, 0.25) is 0 Å². The van der Waals surface area contributed by atoms with Gasteiger partial charge in [0.15, 0.2) is 0 Å². The van der Waals surface area contributed by atoms with Crippen LogP contribution < -0.4 is 0 Å². The van der Waals surface area contributed by atoms with Crippen LogP contribution in [0, 0.1) is 13.8 Å². The lowest BCUT2D eigenvalue weighted by atomic mass is 10.0. The van der Waals surface area contributed by atoms with Crippen LogP contribution in [0.3, 0.4) is 0 Å². The molecule has 2 unspecified atom stereocenters. The van der Waals surface area contributed by atoms with Crippen molar-refractivity contribution >= 4 is 21.8 Å². The topological polar surface area (TPSA) is 20.3 Å². The molecule has 0 bridgehead atoms. The molecule has 0 aromatic heterocycles. The van der Waals surface area contributed by atoms with Gasteiger partial charge in [-0.15, -0.1) is 0 Å². The molecule has 2 rings (SSSR count). The van der Waals surface area contributed by atoms with Crippen LogP contribution in [-0.2, 0) is 4.79 Å². The normalized spacial score (nSPS) is 22.0. The molecule has 0 radical (unpaired) electrons. The predicted molar refractivity (Wildman–Crippen MR) is 73.4 cm³/mol. The first-order valence-corrected chi connectivity index (χ1v) is 6.90. The molecule has 1 saturated heterocycles. The molecule has 1 heterocycles. The summed E-state index contributed by atoms with van der Waals surface area (Å²) in [4.78, 5) is 14.1. The van der Waals surface area contributed by atoms with Crippen LogP contribution in [0.15, 0.2) is 18.2 Å². The van der Waals surface area contributed by atoms with Crippen molar-refractivity contribution < 1.29 is 4.79 Å². The molecule has 0 spiro atoms. The third-order valence-corrected chi connectivity index (χ3v) is 3.92. The van der Waals surface area contributed by atoms with Gasteiger partial charge in [0, 0.05) is 17.8 Å². The minimum absolute atomic E-state index is 0.170. The second-order valence-corrected chi connectivity index (χ2v) is 6.24. The monoisotopic (exact) mass is 295 g/mol. The van der Waals surface area contributed by atoms with E-state index in [2.05, 4.69) is 54.9 Å². The Labute approximate surface area is 111 Å². The average molecular weight is 296 g/mol. The number of amides is 1. The summed E-state index contributed by atoms with van der Waals surface area (Å²) in [5.74, 6) is 0.249. The first-order valence-electron chi connectivity index (χ1n) is 5.99. The molecule has 2 atom stereocenters. The maximum absolute atomic E-state index is 11.9. The number of hydrogen-bond acceptors (Lipinski definition) is 1. The Morgan fingerprint density at radius 3 is 2.35 bits per heavy atom. The third kappa shape index (κ3) is 2.71. The summed E-state index contributed by atoms with van der Waals surface area (Å²) in [6.45, 7) is 7.12. The lowest BCUT2D eigenvalue weighted by Crippen LogP contribution is -2.28. The minimum Gasteiger partial charge on any atom is -0.335 e. The van der Waals surface area contributed by atoms with Gasteiger partial charge in [0.25, 0.3) is 0 Å². The molecule has 17 heavy (non-hydrogen) atoms. The van der Waals surface area contributed by atoms with Crippen LogP contribution in [0.1, 0.15) is 36.1 Å². The Morgan fingerprint density at radius 2 is 1.88 bits per heavy atom. The van der Waals surface area contributed by atoms with Gasteiger partial charge in [0.1, 0.15) is 0 Å². The van der Waals surface area contributed by atoms with Crippen molar-refractivity contribution in [3.05, 3.63) is 34.9 Å². The Morgan fingerprint density at radius 1 is 1.29 bits per heavy atom. The fraction of sp³-hybridized carbons (Fsp3) is 0.500. The van der Waals surface area contributed by atoms with E-state index in [9.17, 15) is 4.79 Å². The molecule has 92 valence electrons. The van der Waals surface area contributed by atoms with Gasteiger partial charge in [-0.2, -0.15) is 0 Å². The van der Waals surface area contributed by atoms with E-state index in [1.165, 1.54) is 16.7 Å². The number of likely N-dealkylation sites (tertiary alicyclic amines) is 1. The highest BCUT2D eigenvalue weighted by Gasteiger charge is 2.31. The van der Waals surface area contributed by atoms with E-state index in [1.54, 1.807) is 0 Å². The van der Waals surface area contributed by atoms with E-state index < -0.39 is 0 Å². The van der Waals surface area contributed by atoms with E-state index in [1.807, 2.05) is 4.90 Å². The zero-order valence-corrected chi connectivity index (χ0v) is 12.1. The van der Waals surface area contributed by atoms with Crippen molar-refractivity contribution in [2.24, 2.45) is 0 Å². The van der Waals surface area contributed by atoms with Crippen molar-refractivity contribution in [2.75, 3.05) is 6.54 Å². The van der Waals surface area contributed by atoms with Gasteiger partial charge in [0.05, 0.1) is 6.04 Å². The lowest BCUT2D eigenvalue weighted by molar-refractivity contribution is -0.129. The molecule has 1 amide bonds. The minimum atomic E-state index is 0.170. The number of rotatable bonds is 2. The molecular formula is C14H18BrNO. The smallest absolute Gasteiger partial charge is 0.224 e. The molecule has 1 aromatic carbocycles. The van der Waals surface area contributed by atoms with E-state index >= 15 is 0 Å². The second-order valence-electron chi connectivity index (χ2n) is 4.94. The van der Waals surface area contributed by atoms with Crippen LogP contribution in [0.25, 0.3) is 0 Å². The average Bonchev–Trinajstić information content (AvgIpc) is 2.55. The summed E-state index contributed by atoms with van der Waals surface area (Å²) in [6, 6.07) is 6.68. The van der Waals surface area contributed by atoms with Crippen molar-refractivity contribution in [1.29, 1.82) is 0 Å². The van der Waals surface area contributed by atoms with Gasteiger partial charge < -0.3 is 4.90 Å². The highest BCUT2D eigenvalue weighted by Crippen LogP contribution is 2.29. The standard InChI is InChI=1S/C14H18BrNO/c1-9-4-10(2)6-12(5-9)11(3)16-8-13(15)7-14(16)17/h4-6,11,13H,7-8H2,1-3H3. The number of nitrogens with zero attached hydrogens (tertiary/aromatic N) is 1. The maximum atomic E-state index is 11.9. The highest BCUT2D eigenvalue weighted by atomic mass is 79.9. The molecule has 0 aliphatic carbocycles. The van der Waals surface area contributed by atoms with Crippen LogP contribution in [0.4, 0.5) is 0 Å². The molecule has 2 nitrogen and oxygen atoms in total. The fourth-order valence-corrected chi connectivity index (χ4v) is 3.08. The summed E-state index contributed by atoms with van der Waals surface area (Å²) in [5.41, 5.74) is 3.75. The Bertz CT molecular complexity index is 424. The van der Waals surface area contributed by atoms with Crippen LogP contribution in [-0.4, -0.2) is 22.2 Å². The number of halogens is 1. The highest BCUT2D eigenvalue weighted by molar-refractivity contribution is 9.09. The third-order valence-electron chi connectivity index (χ3n) is 3.31. The number of aryl methyl sites for hydroxylation is 2. The summed E-state index contributed by atoms with van der Waals surface area (Å²) >= 11 is 3.53. The zero-order chi connectivity index (χ0) is 12.6. The van der Waals surface area contributed by atoms with Crippen molar-refractivity contribution in [3.8, 4) is 0 Å². The number of carbonyl (C=O) groups is 1. The first kappa shape index (κ1) is 12.6.